The largest absolute Gasteiger partial charge is 0.451 e. The standard InChI is InChI=1S/C17H13ClN2O2/c1-11-13-7-3-5-9-15(13)22-16(11)17(21)20-19-10-12-6-2-4-8-14(12)18/h2-10H,1H3,(H,20,21)/b19-10-. The maximum atomic E-state index is 12.2. The average Bonchev–Trinajstić information content (AvgIpc) is 2.87. The van der Waals surface area contributed by atoms with Gasteiger partial charge in [0.25, 0.3) is 0 Å². The van der Waals surface area contributed by atoms with E-state index in [1.807, 2.05) is 49.4 Å². The van der Waals surface area contributed by atoms with E-state index in [0.717, 1.165) is 16.5 Å². The Balaban J connectivity index is 1.79. The number of carbonyl (C=O) groups excluding carboxylic acids is 1. The number of furan rings is 1. The van der Waals surface area contributed by atoms with E-state index >= 15 is 0 Å². The van der Waals surface area contributed by atoms with E-state index in [2.05, 4.69) is 10.5 Å². The summed E-state index contributed by atoms with van der Waals surface area (Å²) in [6, 6.07) is 14.8. The van der Waals surface area contributed by atoms with Crippen LogP contribution in [0.5, 0.6) is 0 Å². The first-order chi connectivity index (χ1) is 10.7. The van der Waals surface area contributed by atoms with Gasteiger partial charge in [-0.25, -0.2) is 5.43 Å². The van der Waals surface area contributed by atoms with Gasteiger partial charge in [-0.2, -0.15) is 5.10 Å². The summed E-state index contributed by atoms with van der Waals surface area (Å²) in [6.45, 7) is 1.85. The first kappa shape index (κ1) is 14.4. The van der Waals surface area contributed by atoms with Crippen LogP contribution in [0.15, 0.2) is 58.0 Å². The number of hydrogen-bond donors (Lipinski definition) is 1. The molecule has 1 N–H and O–H groups in total. The summed E-state index contributed by atoms with van der Waals surface area (Å²) >= 11 is 6.01. The maximum Gasteiger partial charge on any atom is 0.307 e. The molecule has 0 saturated carbocycles. The molecule has 4 nitrogen and oxygen atoms in total. The number of para-hydroxylation sites is 1. The quantitative estimate of drug-likeness (QED) is 0.583. The summed E-state index contributed by atoms with van der Waals surface area (Å²) in [5.41, 5.74) is 4.66. The minimum Gasteiger partial charge on any atom is -0.451 e. The van der Waals surface area contributed by atoms with Crippen LogP contribution in [0.4, 0.5) is 0 Å². The molecular weight excluding hydrogens is 300 g/mol. The molecule has 0 spiro atoms. The molecule has 1 amide bonds. The van der Waals surface area contributed by atoms with E-state index in [4.69, 9.17) is 16.0 Å². The monoisotopic (exact) mass is 312 g/mol. The van der Waals surface area contributed by atoms with Gasteiger partial charge in [-0.3, -0.25) is 4.79 Å². The summed E-state index contributed by atoms with van der Waals surface area (Å²) < 4.78 is 5.58. The predicted molar refractivity (Wildman–Crippen MR) is 87.5 cm³/mol. The highest BCUT2D eigenvalue weighted by Crippen LogP contribution is 2.24. The predicted octanol–water partition coefficient (Wildman–Crippen LogP) is 4.16. The van der Waals surface area contributed by atoms with E-state index in [1.54, 1.807) is 6.07 Å². The van der Waals surface area contributed by atoms with Crippen molar-refractivity contribution in [3.63, 3.8) is 0 Å². The number of nitrogens with one attached hydrogen (secondary N) is 1. The van der Waals surface area contributed by atoms with Gasteiger partial charge < -0.3 is 4.42 Å². The molecule has 1 heterocycles. The van der Waals surface area contributed by atoms with Gasteiger partial charge in [-0.15, -0.1) is 0 Å². The molecule has 0 atom stereocenters. The van der Waals surface area contributed by atoms with E-state index in [0.29, 0.717) is 10.6 Å². The second-order valence-electron chi connectivity index (χ2n) is 4.77. The number of nitrogens with zero attached hydrogens (tertiary/aromatic N) is 1. The number of carbonyl (C=O) groups is 1. The average molecular weight is 313 g/mol. The normalized spacial score (nSPS) is 11.2. The second kappa shape index (κ2) is 6.03. The molecule has 0 bridgehead atoms. The van der Waals surface area contributed by atoms with Gasteiger partial charge in [0.1, 0.15) is 5.58 Å². The Hall–Kier alpha value is -2.59. The molecule has 0 fully saturated rings. The van der Waals surface area contributed by atoms with Crippen molar-refractivity contribution in [1.29, 1.82) is 0 Å². The summed E-state index contributed by atoms with van der Waals surface area (Å²) in [5, 5.41) is 5.41. The summed E-state index contributed by atoms with van der Waals surface area (Å²) in [6.07, 6.45) is 1.50. The molecule has 0 radical (unpaired) electrons. The minimum absolute atomic E-state index is 0.262. The SMILES string of the molecule is Cc1c(C(=O)N/N=C\c2ccccc2Cl)oc2ccccc12. The molecule has 0 unspecified atom stereocenters. The van der Waals surface area contributed by atoms with Crippen molar-refractivity contribution in [2.75, 3.05) is 0 Å². The van der Waals surface area contributed by atoms with Crippen LogP contribution in [-0.4, -0.2) is 12.1 Å². The van der Waals surface area contributed by atoms with Crippen LogP contribution in [0, 0.1) is 6.92 Å². The Morgan fingerprint density at radius 1 is 1.18 bits per heavy atom. The van der Waals surface area contributed by atoms with Gasteiger partial charge in [0, 0.05) is 21.5 Å². The van der Waals surface area contributed by atoms with Gasteiger partial charge in [0.2, 0.25) is 0 Å². The Labute approximate surface area is 132 Å². The number of amides is 1. The minimum atomic E-state index is -0.392. The lowest BCUT2D eigenvalue weighted by atomic mass is 10.1. The third kappa shape index (κ3) is 2.73. The first-order valence-electron chi connectivity index (χ1n) is 6.73. The number of hydrazone groups is 1. The zero-order valence-electron chi connectivity index (χ0n) is 11.8. The highest BCUT2D eigenvalue weighted by Gasteiger charge is 2.16. The molecule has 0 saturated heterocycles. The molecule has 2 aromatic carbocycles. The molecule has 1 aromatic heterocycles. The summed E-state index contributed by atoms with van der Waals surface area (Å²) in [5.74, 6) is -0.130. The van der Waals surface area contributed by atoms with Crippen LogP contribution >= 0.6 is 11.6 Å². The van der Waals surface area contributed by atoms with E-state index in [9.17, 15) is 4.79 Å². The van der Waals surface area contributed by atoms with Crippen LogP contribution in [-0.2, 0) is 0 Å². The van der Waals surface area contributed by atoms with Crippen LogP contribution in [0.2, 0.25) is 5.02 Å². The van der Waals surface area contributed by atoms with E-state index in [1.165, 1.54) is 6.21 Å². The van der Waals surface area contributed by atoms with Gasteiger partial charge in [0.15, 0.2) is 5.76 Å². The van der Waals surface area contributed by atoms with Gasteiger partial charge in [-0.1, -0.05) is 48.0 Å². The zero-order valence-corrected chi connectivity index (χ0v) is 12.6. The molecule has 22 heavy (non-hydrogen) atoms. The molecular formula is C17H13ClN2O2. The Morgan fingerprint density at radius 3 is 2.68 bits per heavy atom. The molecule has 5 heteroatoms. The fourth-order valence-corrected chi connectivity index (χ4v) is 2.37. The van der Waals surface area contributed by atoms with Crippen molar-refractivity contribution in [1.82, 2.24) is 5.43 Å². The number of benzene rings is 2. The van der Waals surface area contributed by atoms with Crippen LogP contribution in [0.3, 0.4) is 0 Å². The van der Waals surface area contributed by atoms with E-state index in [-0.39, 0.29) is 5.76 Å². The molecule has 0 aliphatic rings. The summed E-state index contributed by atoms with van der Waals surface area (Å²) in [4.78, 5) is 12.2. The van der Waals surface area contributed by atoms with Crippen LogP contribution in [0.25, 0.3) is 11.0 Å². The van der Waals surface area contributed by atoms with Crippen molar-refractivity contribution in [3.05, 3.63) is 70.4 Å². The number of aryl methyl sites for hydroxylation is 1. The molecule has 3 rings (SSSR count). The fourth-order valence-electron chi connectivity index (χ4n) is 2.18. The number of hydrogen-bond acceptors (Lipinski definition) is 3. The summed E-state index contributed by atoms with van der Waals surface area (Å²) in [7, 11) is 0. The van der Waals surface area contributed by atoms with Crippen molar-refractivity contribution in [2.24, 2.45) is 5.10 Å². The molecule has 110 valence electrons. The lowest BCUT2D eigenvalue weighted by Crippen LogP contribution is -2.17. The lowest BCUT2D eigenvalue weighted by molar-refractivity contribution is 0.0929. The number of rotatable bonds is 3. The highest BCUT2D eigenvalue weighted by molar-refractivity contribution is 6.33. The van der Waals surface area contributed by atoms with Crippen molar-refractivity contribution >= 4 is 34.7 Å². The second-order valence-corrected chi connectivity index (χ2v) is 5.18. The molecule has 3 aromatic rings. The molecule has 0 aliphatic carbocycles. The topological polar surface area (TPSA) is 54.6 Å². The van der Waals surface area contributed by atoms with Gasteiger partial charge in [0.05, 0.1) is 6.21 Å². The highest BCUT2D eigenvalue weighted by atomic mass is 35.5. The van der Waals surface area contributed by atoms with Crippen molar-refractivity contribution in [3.8, 4) is 0 Å². The van der Waals surface area contributed by atoms with Crippen LogP contribution < -0.4 is 5.43 Å². The Bertz CT molecular complexity index is 868. The lowest BCUT2D eigenvalue weighted by Gasteiger charge is -1.98. The Morgan fingerprint density at radius 2 is 1.91 bits per heavy atom. The number of halogens is 1. The first-order valence-corrected chi connectivity index (χ1v) is 7.10. The third-order valence-electron chi connectivity index (χ3n) is 3.32. The van der Waals surface area contributed by atoms with Gasteiger partial charge >= 0.3 is 5.91 Å². The zero-order chi connectivity index (χ0) is 15.5. The van der Waals surface area contributed by atoms with Crippen LogP contribution in [0.1, 0.15) is 21.7 Å². The fraction of sp³-hybridized carbons (Fsp3) is 0.0588. The Kier molecular flexibility index (Phi) is 3.94. The smallest absolute Gasteiger partial charge is 0.307 e. The maximum absolute atomic E-state index is 12.2. The van der Waals surface area contributed by atoms with Crippen molar-refractivity contribution in [2.45, 2.75) is 6.92 Å². The van der Waals surface area contributed by atoms with Crippen molar-refractivity contribution < 1.29 is 9.21 Å². The molecule has 0 aliphatic heterocycles. The van der Waals surface area contributed by atoms with E-state index < -0.39 is 5.91 Å². The van der Waals surface area contributed by atoms with Gasteiger partial charge in [-0.05, 0) is 19.1 Å². The third-order valence-corrected chi connectivity index (χ3v) is 3.67. The number of fused-ring (bicyclic) bond motifs is 1.